The van der Waals surface area contributed by atoms with Crippen molar-refractivity contribution in [3.8, 4) is 6.07 Å². The molecule has 0 aromatic rings. The van der Waals surface area contributed by atoms with Gasteiger partial charge in [-0.2, -0.15) is 5.26 Å². The maximum atomic E-state index is 11.4. The number of nitrogens with zero attached hydrogens (tertiary/aromatic N) is 2. The fourth-order valence-electron chi connectivity index (χ4n) is 1.52. The second kappa shape index (κ2) is 4.24. The molecule has 72 valence electrons. The molecule has 1 saturated heterocycles. The van der Waals surface area contributed by atoms with Gasteiger partial charge in [-0.1, -0.05) is 0 Å². The molecular weight excluding hydrogens is 166 g/mol. The Kier molecular flexibility index (Phi) is 3.26. The second-order valence-corrected chi connectivity index (χ2v) is 3.52. The number of amides is 1. The van der Waals surface area contributed by atoms with Crippen molar-refractivity contribution in [2.75, 3.05) is 13.1 Å². The molecule has 2 N–H and O–H groups in total. The van der Waals surface area contributed by atoms with Crippen LogP contribution >= 0.6 is 0 Å². The van der Waals surface area contributed by atoms with Crippen molar-refractivity contribution in [2.45, 2.75) is 25.8 Å². The van der Waals surface area contributed by atoms with E-state index in [9.17, 15) is 4.79 Å². The van der Waals surface area contributed by atoms with Crippen molar-refractivity contribution in [3.05, 3.63) is 0 Å². The van der Waals surface area contributed by atoms with Crippen LogP contribution in [0, 0.1) is 17.2 Å². The van der Waals surface area contributed by atoms with Crippen molar-refractivity contribution in [3.63, 3.8) is 0 Å². The predicted octanol–water partition coefficient (Wildman–Crippen LogP) is 0.0958. The van der Waals surface area contributed by atoms with Crippen LogP contribution in [0.15, 0.2) is 0 Å². The van der Waals surface area contributed by atoms with Crippen LogP contribution in [0.4, 0.5) is 0 Å². The highest BCUT2D eigenvalue weighted by molar-refractivity contribution is 5.81. The first-order chi connectivity index (χ1) is 6.15. The monoisotopic (exact) mass is 181 g/mol. The molecule has 1 amide bonds. The van der Waals surface area contributed by atoms with Crippen LogP contribution in [0.2, 0.25) is 0 Å². The summed E-state index contributed by atoms with van der Waals surface area (Å²) in [7, 11) is 0. The zero-order valence-corrected chi connectivity index (χ0v) is 7.86. The lowest BCUT2D eigenvalue weighted by atomic mass is 9.98. The first-order valence-electron chi connectivity index (χ1n) is 4.59. The lowest BCUT2D eigenvalue weighted by Crippen LogP contribution is -2.45. The Morgan fingerprint density at radius 1 is 1.62 bits per heavy atom. The van der Waals surface area contributed by atoms with Gasteiger partial charge in [-0.25, -0.2) is 0 Å². The van der Waals surface area contributed by atoms with E-state index in [1.54, 1.807) is 11.8 Å². The summed E-state index contributed by atoms with van der Waals surface area (Å²) in [6.07, 6.45) is 1.57. The summed E-state index contributed by atoms with van der Waals surface area (Å²) in [5.41, 5.74) is 5.48. The van der Waals surface area contributed by atoms with Gasteiger partial charge in [-0.05, 0) is 19.8 Å². The van der Waals surface area contributed by atoms with Crippen molar-refractivity contribution in [1.82, 2.24) is 4.90 Å². The molecule has 1 fully saturated rings. The third-order valence-corrected chi connectivity index (χ3v) is 2.38. The van der Waals surface area contributed by atoms with E-state index >= 15 is 0 Å². The minimum absolute atomic E-state index is 0.00334. The van der Waals surface area contributed by atoms with Gasteiger partial charge in [0.05, 0.1) is 12.1 Å². The average molecular weight is 181 g/mol. The van der Waals surface area contributed by atoms with Crippen LogP contribution in [0.1, 0.15) is 19.8 Å². The lowest BCUT2D eigenvalue weighted by Gasteiger charge is -2.30. The third kappa shape index (κ3) is 2.43. The second-order valence-electron chi connectivity index (χ2n) is 3.52. The Balaban J connectivity index is 2.42. The van der Waals surface area contributed by atoms with Crippen molar-refractivity contribution in [1.29, 1.82) is 5.26 Å². The molecule has 0 aliphatic carbocycles. The number of carbonyl (C=O) groups is 1. The van der Waals surface area contributed by atoms with Gasteiger partial charge in [0.25, 0.3) is 0 Å². The Hall–Kier alpha value is -1.08. The fourth-order valence-corrected chi connectivity index (χ4v) is 1.52. The molecule has 0 unspecified atom stereocenters. The summed E-state index contributed by atoms with van der Waals surface area (Å²) in [5.74, 6) is 0.119. The Labute approximate surface area is 78.3 Å². The van der Waals surface area contributed by atoms with Crippen LogP contribution in [-0.4, -0.2) is 29.9 Å². The molecule has 0 aromatic heterocycles. The van der Waals surface area contributed by atoms with Gasteiger partial charge in [-0.15, -0.1) is 0 Å². The predicted molar refractivity (Wildman–Crippen MR) is 48.6 cm³/mol. The molecule has 1 aliphatic heterocycles. The molecular formula is C9H15N3O. The molecule has 0 spiro atoms. The van der Waals surface area contributed by atoms with Crippen LogP contribution < -0.4 is 5.73 Å². The van der Waals surface area contributed by atoms with Crippen molar-refractivity contribution in [2.24, 2.45) is 11.7 Å². The standard InChI is InChI=1S/C9H15N3O/c1-7(11)9(13)12-4-2-8(6-10)3-5-12/h7-8H,2-5,11H2,1H3/t7-/m1/s1. The number of hydrogen-bond acceptors (Lipinski definition) is 3. The summed E-state index contributed by atoms with van der Waals surface area (Å²) >= 11 is 0. The Morgan fingerprint density at radius 3 is 2.54 bits per heavy atom. The third-order valence-electron chi connectivity index (χ3n) is 2.38. The SMILES string of the molecule is C[C@@H](N)C(=O)N1CCC(C#N)CC1. The zero-order valence-electron chi connectivity index (χ0n) is 7.86. The average Bonchev–Trinajstić information content (AvgIpc) is 2.17. The molecule has 4 nitrogen and oxygen atoms in total. The maximum Gasteiger partial charge on any atom is 0.239 e. The smallest absolute Gasteiger partial charge is 0.239 e. The molecule has 1 rings (SSSR count). The topological polar surface area (TPSA) is 70.1 Å². The molecule has 0 saturated carbocycles. The molecule has 1 aliphatic rings. The number of nitrogens with two attached hydrogens (primary N) is 1. The number of nitriles is 1. The van der Waals surface area contributed by atoms with Gasteiger partial charge in [0.1, 0.15) is 0 Å². The number of rotatable bonds is 1. The summed E-state index contributed by atoms with van der Waals surface area (Å²) < 4.78 is 0. The van der Waals surface area contributed by atoms with Crippen LogP contribution in [-0.2, 0) is 4.79 Å². The van der Waals surface area contributed by atoms with Gasteiger partial charge in [0.2, 0.25) is 5.91 Å². The van der Waals surface area contributed by atoms with Crippen LogP contribution in [0.3, 0.4) is 0 Å². The Morgan fingerprint density at radius 2 is 2.15 bits per heavy atom. The number of carbonyl (C=O) groups excluding carboxylic acids is 1. The largest absolute Gasteiger partial charge is 0.341 e. The van der Waals surface area contributed by atoms with E-state index in [1.165, 1.54) is 0 Å². The first kappa shape index (κ1) is 10.0. The minimum atomic E-state index is -0.418. The van der Waals surface area contributed by atoms with Gasteiger partial charge in [0, 0.05) is 19.0 Å². The van der Waals surface area contributed by atoms with Gasteiger partial charge >= 0.3 is 0 Å². The van der Waals surface area contributed by atoms with Crippen LogP contribution in [0.25, 0.3) is 0 Å². The number of likely N-dealkylation sites (tertiary alicyclic amines) is 1. The lowest BCUT2D eigenvalue weighted by molar-refractivity contribution is -0.133. The zero-order chi connectivity index (χ0) is 9.84. The molecule has 4 heteroatoms. The van der Waals surface area contributed by atoms with E-state index < -0.39 is 6.04 Å². The molecule has 0 aromatic carbocycles. The summed E-state index contributed by atoms with van der Waals surface area (Å²) in [6, 6.07) is 1.81. The summed E-state index contributed by atoms with van der Waals surface area (Å²) in [4.78, 5) is 13.2. The highest BCUT2D eigenvalue weighted by Gasteiger charge is 2.23. The normalized spacial score (nSPS) is 20.8. The maximum absolute atomic E-state index is 11.4. The number of piperidine rings is 1. The van der Waals surface area contributed by atoms with Crippen molar-refractivity contribution < 1.29 is 4.79 Å². The van der Waals surface area contributed by atoms with E-state index in [0.29, 0.717) is 13.1 Å². The minimum Gasteiger partial charge on any atom is -0.341 e. The molecule has 13 heavy (non-hydrogen) atoms. The fraction of sp³-hybridized carbons (Fsp3) is 0.778. The Bertz CT molecular complexity index is 224. The van der Waals surface area contributed by atoms with E-state index in [2.05, 4.69) is 6.07 Å². The molecule has 1 atom stereocenters. The van der Waals surface area contributed by atoms with Gasteiger partial charge < -0.3 is 10.6 Å². The highest BCUT2D eigenvalue weighted by Crippen LogP contribution is 2.16. The van der Waals surface area contributed by atoms with Gasteiger partial charge in [0.15, 0.2) is 0 Å². The van der Waals surface area contributed by atoms with E-state index in [4.69, 9.17) is 11.0 Å². The van der Waals surface area contributed by atoms with Crippen LogP contribution in [0.5, 0.6) is 0 Å². The van der Waals surface area contributed by atoms with E-state index in [0.717, 1.165) is 12.8 Å². The van der Waals surface area contributed by atoms with Gasteiger partial charge in [-0.3, -0.25) is 4.79 Å². The highest BCUT2D eigenvalue weighted by atomic mass is 16.2. The quantitative estimate of drug-likeness (QED) is 0.623. The van der Waals surface area contributed by atoms with E-state index in [1.807, 2.05) is 0 Å². The van der Waals surface area contributed by atoms with E-state index in [-0.39, 0.29) is 11.8 Å². The summed E-state index contributed by atoms with van der Waals surface area (Å²) in [5, 5.41) is 8.65. The molecule has 0 bridgehead atoms. The summed E-state index contributed by atoms with van der Waals surface area (Å²) in [6.45, 7) is 3.05. The van der Waals surface area contributed by atoms with Crippen molar-refractivity contribution >= 4 is 5.91 Å². The molecule has 0 radical (unpaired) electrons. The molecule has 1 heterocycles. The first-order valence-corrected chi connectivity index (χ1v) is 4.59. The number of hydrogen-bond donors (Lipinski definition) is 1.